The van der Waals surface area contributed by atoms with E-state index in [9.17, 15) is 9.59 Å². The van der Waals surface area contributed by atoms with E-state index in [0.29, 0.717) is 23.6 Å². The highest BCUT2D eigenvalue weighted by atomic mass is 32.2. The van der Waals surface area contributed by atoms with Gasteiger partial charge in [-0.1, -0.05) is 36.4 Å². The largest absolute Gasteiger partial charge is 0.469 e. The molecule has 1 amide bonds. The molecule has 0 aliphatic carbocycles. The normalized spacial score (nSPS) is 10.3. The third-order valence-electron chi connectivity index (χ3n) is 3.54. The predicted molar refractivity (Wildman–Crippen MR) is 97.6 cm³/mol. The van der Waals surface area contributed by atoms with Gasteiger partial charge in [0.2, 0.25) is 0 Å². The fourth-order valence-corrected chi connectivity index (χ4v) is 3.12. The average molecular weight is 358 g/mol. The highest BCUT2D eigenvalue weighted by Crippen LogP contribution is 2.28. The molecule has 0 fully saturated rings. The molecular formula is C19H22N2O3S. The number of pyridine rings is 1. The number of unbranched alkanes of at least 4 members (excludes halogenated alkanes) is 2. The molecular weight excluding hydrogens is 336 g/mol. The molecule has 1 aromatic heterocycles. The molecule has 1 heterocycles. The molecule has 2 rings (SSSR count). The smallest absolute Gasteiger partial charge is 0.305 e. The molecule has 0 radical (unpaired) electrons. The minimum absolute atomic E-state index is 0.125. The van der Waals surface area contributed by atoms with Gasteiger partial charge < -0.3 is 10.1 Å². The Balaban J connectivity index is 1.82. The van der Waals surface area contributed by atoms with E-state index in [1.54, 1.807) is 18.3 Å². The van der Waals surface area contributed by atoms with Gasteiger partial charge in [-0.25, -0.2) is 4.98 Å². The first-order valence-corrected chi connectivity index (χ1v) is 9.05. The average Bonchev–Trinajstić information content (AvgIpc) is 2.65. The zero-order valence-corrected chi connectivity index (χ0v) is 15.1. The van der Waals surface area contributed by atoms with Crippen LogP contribution in [0.3, 0.4) is 0 Å². The topological polar surface area (TPSA) is 68.3 Å². The minimum atomic E-state index is -0.193. The van der Waals surface area contributed by atoms with E-state index < -0.39 is 0 Å². The summed E-state index contributed by atoms with van der Waals surface area (Å²) in [5.41, 5.74) is 0.575. The second-order valence-electron chi connectivity index (χ2n) is 5.41. The van der Waals surface area contributed by atoms with Gasteiger partial charge in [-0.05, 0) is 37.1 Å². The maximum Gasteiger partial charge on any atom is 0.305 e. The summed E-state index contributed by atoms with van der Waals surface area (Å²) >= 11 is 1.47. The van der Waals surface area contributed by atoms with Gasteiger partial charge in [0, 0.05) is 24.1 Å². The molecule has 0 aliphatic rings. The van der Waals surface area contributed by atoms with Crippen molar-refractivity contribution in [1.29, 1.82) is 0 Å². The number of hydrogen-bond acceptors (Lipinski definition) is 5. The zero-order chi connectivity index (χ0) is 17.9. The van der Waals surface area contributed by atoms with Crippen LogP contribution in [0, 0.1) is 0 Å². The Kier molecular flexibility index (Phi) is 7.98. The monoisotopic (exact) mass is 358 g/mol. The molecule has 0 saturated heterocycles. The molecule has 1 N–H and O–H groups in total. The van der Waals surface area contributed by atoms with Gasteiger partial charge in [0.25, 0.3) is 5.91 Å². The van der Waals surface area contributed by atoms with Crippen LogP contribution in [0.1, 0.15) is 36.0 Å². The molecule has 0 unspecified atom stereocenters. The Labute approximate surface area is 152 Å². The van der Waals surface area contributed by atoms with Gasteiger partial charge in [0.05, 0.1) is 12.7 Å². The Morgan fingerprint density at radius 1 is 1.08 bits per heavy atom. The van der Waals surface area contributed by atoms with Gasteiger partial charge in [-0.3, -0.25) is 9.59 Å². The molecule has 5 nitrogen and oxygen atoms in total. The van der Waals surface area contributed by atoms with E-state index >= 15 is 0 Å². The molecule has 0 aliphatic heterocycles. The van der Waals surface area contributed by atoms with Crippen LogP contribution < -0.4 is 5.32 Å². The maximum atomic E-state index is 12.4. The molecule has 0 saturated carbocycles. The Bertz CT molecular complexity index is 692. The molecule has 0 atom stereocenters. The number of esters is 1. The molecule has 25 heavy (non-hydrogen) atoms. The van der Waals surface area contributed by atoms with Crippen molar-refractivity contribution in [2.24, 2.45) is 0 Å². The number of ether oxygens (including phenoxy) is 1. The lowest BCUT2D eigenvalue weighted by atomic mass is 10.2. The van der Waals surface area contributed by atoms with E-state index in [0.717, 1.165) is 24.2 Å². The van der Waals surface area contributed by atoms with Crippen molar-refractivity contribution in [3.8, 4) is 0 Å². The summed E-state index contributed by atoms with van der Waals surface area (Å²) in [7, 11) is 1.39. The SMILES string of the molecule is COC(=O)CCCCCNC(=O)c1cccnc1Sc1ccccc1. The lowest BCUT2D eigenvalue weighted by Crippen LogP contribution is -2.25. The van der Waals surface area contributed by atoms with Crippen LogP contribution in [0.25, 0.3) is 0 Å². The van der Waals surface area contributed by atoms with Crippen LogP contribution in [0.4, 0.5) is 0 Å². The summed E-state index contributed by atoms with van der Waals surface area (Å²) < 4.78 is 4.60. The molecule has 1 aromatic carbocycles. The molecule has 2 aromatic rings. The van der Waals surface area contributed by atoms with Crippen molar-refractivity contribution in [3.63, 3.8) is 0 Å². The van der Waals surface area contributed by atoms with Gasteiger partial charge in [0.1, 0.15) is 5.03 Å². The van der Waals surface area contributed by atoms with E-state index in [1.165, 1.54) is 18.9 Å². The number of carbonyl (C=O) groups is 2. The Morgan fingerprint density at radius 2 is 1.88 bits per heavy atom. The standard InChI is InChI=1S/C19H22N2O3S/c1-24-17(22)12-6-3-7-13-20-18(23)16-11-8-14-21-19(16)25-15-9-4-2-5-10-15/h2,4-5,8-11,14H,3,6-7,12-13H2,1H3,(H,20,23). The highest BCUT2D eigenvalue weighted by Gasteiger charge is 2.12. The Morgan fingerprint density at radius 3 is 2.64 bits per heavy atom. The number of rotatable bonds is 9. The fraction of sp³-hybridized carbons (Fsp3) is 0.316. The zero-order valence-electron chi connectivity index (χ0n) is 14.2. The van der Waals surface area contributed by atoms with Crippen LogP contribution in [-0.2, 0) is 9.53 Å². The second-order valence-corrected chi connectivity index (χ2v) is 6.48. The summed E-state index contributed by atoms with van der Waals surface area (Å²) in [5.74, 6) is -0.318. The number of nitrogens with one attached hydrogen (secondary N) is 1. The summed E-state index contributed by atoms with van der Waals surface area (Å²) in [5, 5.41) is 3.61. The fourth-order valence-electron chi connectivity index (χ4n) is 2.22. The summed E-state index contributed by atoms with van der Waals surface area (Å²) in [6.45, 7) is 0.574. The number of amides is 1. The number of aromatic nitrogens is 1. The van der Waals surface area contributed by atoms with Gasteiger partial charge >= 0.3 is 5.97 Å². The summed E-state index contributed by atoms with van der Waals surface area (Å²) in [4.78, 5) is 28.8. The van der Waals surface area contributed by atoms with E-state index in [4.69, 9.17) is 0 Å². The van der Waals surface area contributed by atoms with Crippen molar-refractivity contribution in [2.45, 2.75) is 35.6 Å². The van der Waals surface area contributed by atoms with Crippen molar-refractivity contribution in [1.82, 2.24) is 10.3 Å². The van der Waals surface area contributed by atoms with Crippen molar-refractivity contribution >= 4 is 23.6 Å². The number of nitrogens with zero attached hydrogens (tertiary/aromatic N) is 1. The minimum Gasteiger partial charge on any atom is -0.469 e. The first-order chi connectivity index (χ1) is 12.2. The first kappa shape index (κ1) is 19.0. The van der Waals surface area contributed by atoms with Crippen molar-refractivity contribution in [2.75, 3.05) is 13.7 Å². The summed E-state index contributed by atoms with van der Waals surface area (Å²) in [6.07, 6.45) is 4.57. The summed E-state index contributed by atoms with van der Waals surface area (Å²) in [6, 6.07) is 13.4. The van der Waals surface area contributed by atoms with Crippen LogP contribution in [-0.4, -0.2) is 30.5 Å². The first-order valence-electron chi connectivity index (χ1n) is 8.23. The van der Waals surface area contributed by atoms with Gasteiger partial charge in [0.15, 0.2) is 0 Å². The molecule has 6 heteroatoms. The third-order valence-corrected chi connectivity index (χ3v) is 4.57. The van der Waals surface area contributed by atoms with E-state index in [2.05, 4.69) is 15.0 Å². The van der Waals surface area contributed by atoms with Crippen LogP contribution in [0.2, 0.25) is 0 Å². The van der Waals surface area contributed by atoms with Crippen molar-refractivity contribution in [3.05, 3.63) is 54.2 Å². The number of carbonyl (C=O) groups excluding carboxylic acids is 2. The second kappa shape index (κ2) is 10.5. The maximum absolute atomic E-state index is 12.4. The van der Waals surface area contributed by atoms with Crippen LogP contribution in [0.5, 0.6) is 0 Å². The van der Waals surface area contributed by atoms with Crippen LogP contribution in [0.15, 0.2) is 58.6 Å². The number of methoxy groups -OCH3 is 1. The quantitative estimate of drug-likeness (QED) is 0.547. The lowest BCUT2D eigenvalue weighted by Gasteiger charge is -2.09. The number of benzene rings is 1. The Hall–Kier alpha value is -2.34. The van der Waals surface area contributed by atoms with E-state index in [-0.39, 0.29) is 11.9 Å². The third kappa shape index (κ3) is 6.58. The predicted octanol–water partition coefficient (Wildman–Crippen LogP) is 3.70. The van der Waals surface area contributed by atoms with Gasteiger partial charge in [-0.2, -0.15) is 0 Å². The number of hydrogen-bond donors (Lipinski definition) is 1. The highest BCUT2D eigenvalue weighted by molar-refractivity contribution is 7.99. The lowest BCUT2D eigenvalue weighted by molar-refractivity contribution is -0.140. The van der Waals surface area contributed by atoms with Crippen LogP contribution >= 0.6 is 11.8 Å². The molecule has 0 bridgehead atoms. The van der Waals surface area contributed by atoms with Crippen molar-refractivity contribution < 1.29 is 14.3 Å². The molecule has 132 valence electrons. The van der Waals surface area contributed by atoms with Gasteiger partial charge in [-0.15, -0.1) is 0 Å². The molecule has 0 spiro atoms. The van der Waals surface area contributed by atoms with E-state index in [1.807, 2.05) is 30.3 Å².